The maximum atomic E-state index is 13.4. The van der Waals surface area contributed by atoms with E-state index in [9.17, 15) is 14.3 Å². The molecule has 8 atom stereocenters. The molecule has 2 bridgehead atoms. The molecule has 0 heterocycles. The van der Waals surface area contributed by atoms with Gasteiger partial charge in [0, 0.05) is 23.9 Å². The molecule has 2 unspecified atom stereocenters. The van der Waals surface area contributed by atoms with Gasteiger partial charge in [0.05, 0.1) is 18.5 Å². The minimum atomic E-state index is -0.949. The van der Waals surface area contributed by atoms with Crippen LogP contribution in [0.5, 0.6) is 0 Å². The molecule has 0 amide bonds. The molecule has 0 radical (unpaired) electrons. The predicted octanol–water partition coefficient (Wildman–Crippen LogP) is 4.29. The van der Waals surface area contributed by atoms with E-state index in [4.69, 9.17) is 4.74 Å². The molecule has 3 fully saturated rings. The number of aliphatic hydroxyl groups is 1. The van der Waals surface area contributed by atoms with Gasteiger partial charge < -0.3 is 9.84 Å². The van der Waals surface area contributed by atoms with Crippen LogP contribution in [-0.4, -0.2) is 30.2 Å². The normalized spacial score (nSPS) is 53.6. The van der Waals surface area contributed by atoms with Crippen molar-refractivity contribution in [3.8, 4) is 0 Å². The van der Waals surface area contributed by atoms with Crippen LogP contribution in [0.4, 0.5) is 4.39 Å². The minimum absolute atomic E-state index is 0.0683. The highest BCUT2D eigenvalue weighted by Crippen LogP contribution is 2.68. The highest BCUT2D eigenvalue weighted by Gasteiger charge is 2.67. The Hall–Kier alpha value is -0.740. The van der Waals surface area contributed by atoms with Gasteiger partial charge in [-0.15, -0.1) is 0 Å². The number of rotatable bonds is 2. The van der Waals surface area contributed by atoms with Gasteiger partial charge in [0.1, 0.15) is 5.78 Å². The summed E-state index contributed by atoms with van der Waals surface area (Å²) in [6.45, 7) is 8.22. The molecular weight excluding hydrogens is 319 g/mol. The summed E-state index contributed by atoms with van der Waals surface area (Å²) in [5, 5.41) is 11.3. The Balaban J connectivity index is 2.20. The predicted molar refractivity (Wildman–Crippen MR) is 95.6 cm³/mol. The van der Waals surface area contributed by atoms with Crippen molar-refractivity contribution >= 4 is 5.78 Å². The summed E-state index contributed by atoms with van der Waals surface area (Å²) in [6.07, 6.45) is 5.44. The zero-order valence-corrected chi connectivity index (χ0v) is 16.2. The van der Waals surface area contributed by atoms with E-state index in [-0.39, 0.29) is 41.0 Å². The average Bonchev–Trinajstić information content (AvgIpc) is 2.97. The molecule has 25 heavy (non-hydrogen) atoms. The van der Waals surface area contributed by atoms with Crippen LogP contribution in [0.25, 0.3) is 0 Å². The van der Waals surface area contributed by atoms with Crippen molar-refractivity contribution in [1.29, 1.82) is 0 Å². The van der Waals surface area contributed by atoms with E-state index in [1.807, 2.05) is 6.92 Å². The summed E-state index contributed by atoms with van der Waals surface area (Å²) in [4.78, 5) is 13.4. The smallest absolute Gasteiger partial charge is 0.146 e. The molecule has 4 heteroatoms. The van der Waals surface area contributed by atoms with E-state index in [1.54, 1.807) is 14.0 Å². The van der Waals surface area contributed by atoms with E-state index in [0.717, 1.165) is 25.7 Å². The topological polar surface area (TPSA) is 46.5 Å². The Bertz CT molecular complexity index is 575. The van der Waals surface area contributed by atoms with Gasteiger partial charge in [-0.05, 0) is 62.4 Å². The summed E-state index contributed by atoms with van der Waals surface area (Å²) in [6, 6.07) is 0. The SMILES string of the molecule is CO[C@@H]1CCC23CC[C@@H](C)[C@](C)(C12)[C@H](O)C[C@@](C)(/C=C/F)C(=O)[C@@H]3C. The number of hydrogen-bond donors (Lipinski definition) is 1. The molecule has 0 spiro atoms. The number of ether oxygens (including phenoxy) is 1. The molecular formula is C21H33FO3. The Morgan fingerprint density at radius 2 is 1.88 bits per heavy atom. The summed E-state index contributed by atoms with van der Waals surface area (Å²) in [7, 11) is 1.75. The van der Waals surface area contributed by atoms with Gasteiger partial charge in [-0.25, -0.2) is 4.39 Å². The molecule has 3 aliphatic rings. The number of allylic oxidation sites excluding steroid dienone is 1. The molecule has 0 saturated heterocycles. The number of carbonyl (C=O) groups excluding carboxylic acids is 1. The quantitative estimate of drug-likeness (QED) is 0.806. The second-order valence-corrected chi connectivity index (χ2v) is 9.35. The van der Waals surface area contributed by atoms with E-state index < -0.39 is 11.5 Å². The standard InChI is InChI=1S/C21H33FO3/c1-13-6-8-21-9-7-15(25-5)17(21)20(13,4)16(23)12-19(3,10-11-22)18(24)14(21)2/h10-11,13-17,23H,6-9,12H2,1-5H3/b11-10+/t13-,14+,15-,16-,17?,19-,20+,21?/m1/s1. The molecule has 1 N–H and O–H groups in total. The van der Waals surface area contributed by atoms with Gasteiger partial charge in [0.25, 0.3) is 0 Å². The van der Waals surface area contributed by atoms with Crippen LogP contribution < -0.4 is 0 Å². The first kappa shape index (κ1) is 19.0. The fraction of sp³-hybridized carbons (Fsp3) is 0.857. The van der Waals surface area contributed by atoms with E-state index >= 15 is 0 Å². The van der Waals surface area contributed by atoms with Gasteiger partial charge in [0.15, 0.2) is 0 Å². The maximum absolute atomic E-state index is 13.4. The van der Waals surface area contributed by atoms with Crippen LogP contribution in [0, 0.1) is 34.0 Å². The second-order valence-electron chi connectivity index (χ2n) is 9.35. The maximum Gasteiger partial charge on any atom is 0.146 e. The number of halogens is 1. The zero-order chi connectivity index (χ0) is 18.6. The summed E-state index contributed by atoms with van der Waals surface area (Å²) in [5.41, 5.74) is -1.42. The first-order valence-electron chi connectivity index (χ1n) is 9.70. The lowest BCUT2D eigenvalue weighted by Gasteiger charge is -2.61. The van der Waals surface area contributed by atoms with Crippen molar-refractivity contribution in [3.63, 3.8) is 0 Å². The van der Waals surface area contributed by atoms with Crippen LogP contribution in [0.15, 0.2) is 12.4 Å². The lowest BCUT2D eigenvalue weighted by Crippen LogP contribution is -2.62. The van der Waals surface area contributed by atoms with Gasteiger partial charge in [-0.2, -0.15) is 0 Å². The van der Waals surface area contributed by atoms with Gasteiger partial charge in [0.2, 0.25) is 0 Å². The monoisotopic (exact) mass is 352 g/mol. The molecule has 142 valence electrons. The Morgan fingerprint density at radius 3 is 2.48 bits per heavy atom. The first-order chi connectivity index (χ1) is 11.7. The number of Topliss-reactive ketones (excluding diaryl/α,β-unsaturated/α-hetero) is 1. The molecule has 3 rings (SSSR count). The van der Waals surface area contributed by atoms with Crippen molar-refractivity contribution in [3.05, 3.63) is 12.4 Å². The number of hydrogen-bond acceptors (Lipinski definition) is 3. The van der Waals surface area contributed by atoms with Crippen LogP contribution in [0.3, 0.4) is 0 Å². The van der Waals surface area contributed by atoms with Gasteiger partial charge in [-0.1, -0.05) is 20.8 Å². The fourth-order valence-corrected chi connectivity index (χ4v) is 6.77. The van der Waals surface area contributed by atoms with E-state index in [2.05, 4.69) is 13.8 Å². The largest absolute Gasteiger partial charge is 0.392 e. The molecule has 0 aromatic heterocycles. The van der Waals surface area contributed by atoms with Crippen LogP contribution in [-0.2, 0) is 9.53 Å². The summed E-state index contributed by atoms with van der Waals surface area (Å²) >= 11 is 0. The third-order valence-corrected chi connectivity index (χ3v) is 8.55. The van der Waals surface area contributed by atoms with Crippen LogP contribution in [0.2, 0.25) is 0 Å². The van der Waals surface area contributed by atoms with E-state index in [1.165, 1.54) is 6.08 Å². The third-order valence-electron chi connectivity index (χ3n) is 8.55. The van der Waals surface area contributed by atoms with Gasteiger partial charge >= 0.3 is 0 Å². The molecule has 0 aliphatic heterocycles. The Kier molecular flexibility index (Phi) is 4.69. The highest BCUT2D eigenvalue weighted by atomic mass is 19.1. The van der Waals surface area contributed by atoms with E-state index in [0.29, 0.717) is 12.2 Å². The molecule has 3 aliphatic carbocycles. The minimum Gasteiger partial charge on any atom is -0.392 e. The second kappa shape index (κ2) is 6.16. The van der Waals surface area contributed by atoms with Crippen LogP contribution >= 0.6 is 0 Å². The summed E-state index contributed by atoms with van der Waals surface area (Å²) < 4.78 is 19.0. The Labute approximate surface area is 151 Å². The molecule has 3 nitrogen and oxygen atoms in total. The zero-order valence-electron chi connectivity index (χ0n) is 16.2. The van der Waals surface area contributed by atoms with Crippen molar-refractivity contribution in [2.75, 3.05) is 7.11 Å². The van der Waals surface area contributed by atoms with Crippen molar-refractivity contribution in [2.24, 2.45) is 34.0 Å². The molecule has 3 saturated carbocycles. The highest BCUT2D eigenvalue weighted by molar-refractivity contribution is 5.89. The number of aliphatic hydroxyl groups excluding tert-OH is 1. The molecule has 0 aromatic rings. The van der Waals surface area contributed by atoms with Crippen LogP contribution in [0.1, 0.15) is 59.8 Å². The van der Waals surface area contributed by atoms with Crippen molar-refractivity contribution in [1.82, 2.24) is 0 Å². The molecule has 0 aromatic carbocycles. The Morgan fingerprint density at radius 1 is 1.24 bits per heavy atom. The lowest BCUT2D eigenvalue weighted by molar-refractivity contribution is -0.188. The summed E-state index contributed by atoms with van der Waals surface area (Å²) in [5.74, 6) is 0.425. The van der Waals surface area contributed by atoms with Crippen molar-refractivity contribution < 1.29 is 19.0 Å². The number of ketones is 1. The lowest BCUT2D eigenvalue weighted by atomic mass is 9.44. The number of carbonyl (C=O) groups is 1. The fourth-order valence-electron chi connectivity index (χ4n) is 6.77. The average molecular weight is 352 g/mol. The third kappa shape index (κ3) is 2.39. The number of methoxy groups -OCH3 is 1. The van der Waals surface area contributed by atoms with Gasteiger partial charge in [-0.3, -0.25) is 4.79 Å². The first-order valence-corrected chi connectivity index (χ1v) is 9.70. The van der Waals surface area contributed by atoms with Crippen molar-refractivity contribution in [2.45, 2.75) is 72.0 Å².